The van der Waals surface area contributed by atoms with Gasteiger partial charge in [-0.05, 0) is 43.4 Å². The van der Waals surface area contributed by atoms with Crippen LogP contribution in [0, 0.1) is 0 Å². The molecule has 0 N–H and O–H groups in total. The van der Waals surface area contributed by atoms with E-state index in [0.717, 1.165) is 25.2 Å². The van der Waals surface area contributed by atoms with Crippen molar-refractivity contribution in [2.75, 3.05) is 13.7 Å². The van der Waals surface area contributed by atoms with Crippen molar-refractivity contribution in [2.45, 2.75) is 38.2 Å². The number of rotatable bonds is 3. The number of methoxy groups -OCH3 is 1. The Kier molecular flexibility index (Phi) is 3.49. The van der Waals surface area contributed by atoms with Crippen molar-refractivity contribution >= 4 is 0 Å². The summed E-state index contributed by atoms with van der Waals surface area (Å²) in [6.45, 7) is 3.09. The highest BCUT2D eigenvalue weighted by atomic mass is 16.5. The van der Waals surface area contributed by atoms with Gasteiger partial charge < -0.3 is 9.47 Å². The molecule has 2 nitrogen and oxygen atoms in total. The number of benzene rings is 1. The van der Waals surface area contributed by atoms with Gasteiger partial charge in [-0.1, -0.05) is 19.1 Å². The Morgan fingerprint density at radius 3 is 2.50 bits per heavy atom. The number of hydrogen-bond donors (Lipinski definition) is 0. The van der Waals surface area contributed by atoms with Crippen LogP contribution in [0.15, 0.2) is 24.3 Å². The third kappa shape index (κ3) is 2.07. The van der Waals surface area contributed by atoms with E-state index in [4.69, 9.17) is 9.47 Å². The van der Waals surface area contributed by atoms with E-state index < -0.39 is 0 Å². The van der Waals surface area contributed by atoms with Crippen molar-refractivity contribution in [1.82, 2.24) is 0 Å². The lowest BCUT2D eigenvalue weighted by atomic mass is 9.84. The molecule has 16 heavy (non-hydrogen) atoms. The molecular formula is C14H20O2. The molecule has 0 spiro atoms. The summed E-state index contributed by atoms with van der Waals surface area (Å²) in [6, 6.07) is 8.30. The van der Waals surface area contributed by atoms with E-state index in [9.17, 15) is 0 Å². The molecule has 1 aromatic rings. The molecular weight excluding hydrogens is 200 g/mol. The van der Waals surface area contributed by atoms with Crippen LogP contribution in [0.3, 0.4) is 0 Å². The van der Waals surface area contributed by atoms with Crippen LogP contribution in [0.25, 0.3) is 0 Å². The van der Waals surface area contributed by atoms with Gasteiger partial charge in [-0.3, -0.25) is 0 Å². The summed E-state index contributed by atoms with van der Waals surface area (Å²) >= 11 is 0. The van der Waals surface area contributed by atoms with Crippen LogP contribution >= 0.6 is 0 Å². The lowest BCUT2D eigenvalue weighted by Gasteiger charge is -2.37. The Labute approximate surface area is 97.6 Å². The SMILES string of the molecule is CCC1(c2ccc(OC)cc2)CCCCO1. The maximum Gasteiger partial charge on any atom is 0.118 e. The highest BCUT2D eigenvalue weighted by Gasteiger charge is 2.33. The van der Waals surface area contributed by atoms with Crippen molar-refractivity contribution in [3.63, 3.8) is 0 Å². The highest BCUT2D eigenvalue weighted by Crippen LogP contribution is 2.38. The smallest absolute Gasteiger partial charge is 0.118 e. The van der Waals surface area contributed by atoms with Crippen LogP contribution in [-0.2, 0) is 10.3 Å². The zero-order chi connectivity index (χ0) is 11.4. The first-order valence-corrected chi connectivity index (χ1v) is 6.09. The fourth-order valence-electron chi connectivity index (χ4n) is 2.46. The molecule has 1 heterocycles. The first kappa shape index (κ1) is 11.5. The highest BCUT2D eigenvalue weighted by molar-refractivity contribution is 5.31. The van der Waals surface area contributed by atoms with Gasteiger partial charge in [-0.15, -0.1) is 0 Å². The Hall–Kier alpha value is -1.02. The summed E-state index contributed by atoms with van der Waals surface area (Å²) in [7, 11) is 1.70. The van der Waals surface area contributed by atoms with E-state index >= 15 is 0 Å². The topological polar surface area (TPSA) is 18.5 Å². The Morgan fingerprint density at radius 1 is 1.25 bits per heavy atom. The number of ether oxygens (including phenoxy) is 2. The standard InChI is InChI=1S/C14H20O2/c1-3-14(10-4-5-11-16-14)12-6-8-13(15-2)9-7-12/h6-9H,3-5,10-11H2,1-2H3. The van der Waals surface area contributed by atoms with E-state index in [1.807, 2.05) is 12.1 Å². The molecule has 0 aromatic heterocycles. The molecule has 0 aliphatic carbocycles. The predicted molar refractivity (Wildman–Crippen MR) is 64.8 cm³/mol. The minimum Gasteiger partial charge on any atom is -0.497 e. The molecule has 2 heteroatoms. The van der Waals surface area contributed by atoms with Crippen molar-refractivity contribution in [2.24, 2.45) is 0 Å². The monoisotopic (exact) mass is 220 g/mol. The van der Waals surface area contributed by atoms with Crippen molar-refractivity contribution in [3.8, 4) is 5.75 Å². The summed E-state index contributed by atoms with van der Waals surface area (Å²) < 4.78 is 11.2. The molecule has 1 aliphatic heterocycles. The first-order chi connectivity index (χ1) is 7.80. The molecule has 1 unspecified atom stereocenters. The third-order valence-electron chi connectivity index (χ3n) is 3.54. The van der Waals surface area contributed by atoms with Crippen LogP contribution in [0.1, 0.15) is 38.2 Å². The zero-order valence-corrected chi connectivity index (χ0v) is 10.2. The normalized spacial score (nSPS) is 25.4. The van der Waals surface area contributed by atoms with E-state index in [0.29, 0.717) is 0 Å². The second kappa shape index (κ2) is 4.88. The van der Waals surface area contributed by atoms with E-state index in [1.165, 1.54) is 18.4 Å². The van der Waals surface area contributed by atoms with Gasteiger partial charge >= 0.3 is 0 Å². The molecule has 1 aromatic carbocycles. The minimum atomic E-state index is -0.0511. The second-order valence-electron chi connectivity index (χ2n) is 4.38. The Morgan fingerprint density at radius 2 is 2.00 bits per heavy atom. The molecule has 0 saturated carbocycles. The molecule has 1 aliphatic rings. The third-order valence-corrected chi connectivity index (χ3v) is 3.54. The Balaban J connectivity index is 2.24. The molecule has 1 saturated heterocycles. The van der Waals surface area contributed by atoms with Gasteiger partial charge in [0.2, 0.25) is 0 Å². The maximum absolute atomic E-state index is 6.03. The summed E-state index contributed by atoms with van der Waals surface area (Å²) in [5.41, 5.74) is 1.24. The van der Waals surface area contributed by atoms with Gasteiger partial charge in [-0.25, -0.2) is 0 Å². The van der Waals surface area contributed by atoms with Crippen LogP contribution < -0.4 is 4.74 Å². The number of hydrogen-bond acceptors (Lipinski definition) is 2. The van der Waals surface area contributed by atoms with Gasteiger partial charge in [0.05, 0.1) is 12.7 Å². The van der Waals surface area contributed by atoms with Gasteiger partial charge in [0.15, 0.2) is 0 Å². The van der Waals surface area contributed by atoms with Gasteiger partial charge in [-0.2, -0.15) is 0 Å². The molecule has 0 bridgehead atoms. The van der Waals surface area contributed by atoms with Gasteiger partial charge in [0.25, 0.3) is 0 Å². The van der Waals surface area contributed by atoms with Crippen LogP contribution in [0.4, 0.5) is 0 Å². The van der Waals surface area contributed by atoms with Crippen LogP contribution in [0.5, 0.6) is 5.75 Å². The predicted octanol–water partition coefficient (Wildman–Crippen LogP) is 3.50. The molecule has 1 atom stereocenters. The largest absolute Gasteiger partial charge is 0.497 e. The van der Waals surface area contributed by atoms with E-state index in [1.54, 1.807) is 7.11 Å². The van der Waals surface area contributed by atoms with Gasteiger partial charge in [0, 0.05) is 6.61 Å². The van der Waals surface area contributed by atoms with E-state index in [2.05, 4.69) is 19.1 Å². The fraction of sp³-hybridized carbons (Fsp3) is 0.571. The van der Waals surface area contributed by atoms with E-state index in [-0.39, 0.29) is 5.60 Å². The summed E-state index contributed by atoms with van der Waals surface area (Å²) in [6.07, 6.45) is 4.63. The quantitative estimate of drug-likeness (QED) is 0.776. The lowest BCUT2D eigenvalue weighted by molar-refractivity contribution is -0.0864. The lowest BCUT2D eigenvalue weighted by Crippen LogP contribution is -2.32. The van der Waals surface area contributed by atoms with Crippen molar-refractivity contribution < 1.29 is 9.47 Å². The molecule has 2 rings (SSSR count). The second-order valence-corrected chi connectivity index (χ2v) is 4.38. The maximum atomic E-state index is 6.03. The molecule has 0 radical (unpaired) electrons. The molecule has 0 amide bonds. The Bertz CT molecular complexity index is 323. The zero-order valence-electron chi connectivity index (χ0n) is 10.2. The fourth-order valence-corrected chi connectivity index (χ4v) is 2.46. The minimum absolute atomic E-state index is 0.0511. The summed E-state index contributed by atoms with van der Waals surface area (Å²) in [5, 5.41) is 0. The van der Waals surface area contributed by atoms with Gasteiger partial charge in [0.1, 0.15) is 5.75 Å². The average molecular weight is 220 g/mol. The van der Waals surface area contributed by atoms with Crippen LogP contribution in [0.2, 0.25) is 0 Å². The molecule has 88 valence electrons. The first-order valence-electron chi connectivity index (χ1n) is 6.09. The van der Waals surface area contributed by atoms with Crippen molar-refractivity contribution in [3.05, 3.63) is 29.8 Å². The molecule has 1 fully saturated rings. The average Bonchev–Trinajstić information content (AvgIpc) is 2.39. The summed E-state index contributed by atoms with van der Waals surface area (Å²) in [5.74, 6) is 0.908. The summed E-state index contributed by atoms with van der Waals surface area (Å²) in [4.78, 5) is 0. The van der Waals surface area contributed by atoms with Crippen molar-refractivity contribution in [1.29, 1.82) is 0 Å². The van der Waals surface area contributed by atoms with Crippen LogP contribution in [-0.4, -0.2) is 13.7 Å².